The summed E-state index contributed by atoms with van der Waals surface area (Å²) >= 11 is 0. The highest BCUT2D eigenvalue weighted by Gasteiger charge is 2.40. The van der Waals surface area contributed by atoms with Gasteiger partial charge in [-0.3, -0.25) is 4.90 Å². The lowest BCUT2D eigenvalue weighted by Gasteiger charge is -2.44. The van der Waals surface area contributed by atoms with Crippen molar-refractivity contribution in [2.75, 3.05) is 19.7 Å². The number of halogens is 2. The molecule has 39 heavy (non-hydrogen) atoms. The third kappa shape index (κ3) is 9.26. The predicted molar refractivity (Wildman–Crippen MR) is 155 cm³/mol. The van der Waals surface area contributed by atoms with Crippen LogP contribution in [-0.2, 0) is 22.4 Å². The van der Waals surface area contributed by atoms with E-state index in [4.69, 9.17) is 14.6 Å². The monoisotopic (exact) mass is 541 g/mol. The van der Waals surface area contributed by atoms with E-state index < -0.39 is 5.92 Å². The maximum atomic E-state index is 12.8. The topological polar surface area (TPSA) is 41.9 Å². The minimum atomic E-state index is -2.85. The number of ether oxygens (including phenoxy) is 2. The average Bonchev–Trinajstić information content (AvgIpc) is 2.84. The second-order valence-corrected chi connectivity index (χ2v) is 11.5. The summed E-state index contributed by atoms with van der Waals surface area (Å²) in [6, 6.07) is 8.83. The van der Waals surface area contributed by atoms with Crippen molar-refractivity contribution >= 4 is 0 Å². The Morgan fingerprint density at radius 2 is 1.92 bits per heavy atom. The molecule has 0 amide bonds. The summed E-state index contributed by atoms with van der Waals surface area (Å²) in [5.74, 6) is -2.33. The Bertz CT molecular complexity index is 1090. The van der Waals surface area contributed by atoms with E-state index in [-0.39, 0.29) is 35.6 Å². The lowest BCUT2D eigenvalue weighted by atomic mass is 9.81. The average molecular weight is 542 g/mol. The molecule has 1 aromatic carbocycles. The van der Waals surface area contributed by atoms with Gasteiger partial charge in [0.1, 0.15) is 0 Å². The van der Waals surface area contributed by atoms with Gasteiger partial charge in [-0.25, -0.2) is 8.78 Å². The van der Waals surface area contributed by atoms with Crippen molar-refractivity contribution in [1.29, 1.82) is 0 Å². The lowest BCUT2D eigenvalue weighted by Crippen LogP contribution is -2.52. The molecule has 1 N–H and O–H groups in total. The van der Waals surface area contributed by atoms with E-state index >= 15 is 0 Å². The quantitative estimate of drug-likeness (QED) is 0.270. The molecular weight excluding hydrogens is 496 g/mol. The molecule has 3 aliphatic rings. The zero-order valence-corrected chi connectivity index (χ0v) is 24.1. The summed E-state index contributed by atoms with van der Waals surface area (Å²) in [7, 11) is 0. The van der Waals surface area contributed by atoms with Crippen molar-refractivity contribution in [1.82, 2.24) is 4.90 Å². The first-order valence-corrected chi connectivity index (χ1v) is 14.0. The van der Waals surface area contributed by atoms with Gasteiger partial charge in [0, 0.05) is 44.2 Å². The van der Waals surface area contributed by atoms with Crippen molar-refractivity contribution in [3.63, 3.8) is 0 Å². The molecule has 6 heteroatoms. The Morgan fingerprint density at radius 3 is 2.51 bits per heavy atom. The van der Waals surface area contributed by atoms with Gasteiger partial charge in [0.2, 0.25) is 0 Å². The lowest BCUT2D eigenvalue weighted by molar-refractivity contribution is -0.175. The van der Waals surface area contributed by atoms with Crippen LogP contribution in [0.2, 0.25) is 0 Å². The first-order chi connectivity index (χ1) is 18.4. The molecule has 214 valence electrons. The first kappa shape index (κ1) is 31.0. The highest BCUT2D eigenvalue weighted by molar-refractivity contribution is 5.38. The summed E-state index contributed by atoms with van der Waals surface area (Å²) in [4.78, 5) is 2.54. The van der Waals surface area contributed by atoms with Crippen LogP contribution in [0.4, 0.5) is 8.78 Å². The van der Waals surface area contributed by atoms with Gasteiger partial charge in [0.25, 0.3) is 5.92 Å². The van der Waals surface area contributed by atoms with Gasteiger partial charge in [-0.05, 0) is 63.3 Å². The number of fused-ring (bicyclic) bond motifs is 1. The largest absolute Gasteiger partial charge is 0.513 e. The molecule has 0 unspecified atom stereocenters. The Morgan fingerprint density at radius 1 is 1.23 bits per heavy atom. The molecule has 0 radical (unpaired) electrons. The predicted octanol–water partition coefficient (Wildman–Crippen LogP) is 7.74. The number of nitrogens with zero attached hydrogens (tertiary/aromatic N) is 1. The van der Waals surface area contributed by atoms with E-state index in [9.17, 15) is 8.78 Å². The first-order valence-electron chi connectivity index (χ1n) is 14.0. The number of hydrogen-bond donors (Lipinski definition) is 1. The molecule has 0 spiro atoms. The van der Waals surface area contributed by atoms with Crippen LogP contribution < -0.4 is 0 Å². The van der Waals surface area contributed by atoms with Gasteiger partial charge < -0.3 is 14.6 Å². The van der Waals surface area contributed by atoms with Crippen LogP contribution in [0.15, 0.2) is 84.2 Å². The van der Waals surface area contributed by atoms with Gasteiger partial charge in [0.05, 0.1) is 23.6 Å². The zero-order chi connectivity index (χ0) is 28.6. The summed E-state index contributed by atoms with van der Waals surface area (Å²) < 4.78 is 38.5. The summed E-state index contributed by atoms with van der Waals surface area (Å²) in [6.07, 6.45) is 12.7. The van der Waals surface area contributed by atoms with Crippen molar-refractivity contribution < 1.29 is 23.4 Å². The molecule has 4 rings (SSSR count). The van der Waals surface area contributed by atoms with Crippen molar-refractivity contribution in [2.45, 2.75) is 84.2 Å². The van der Waals surface area contributed by atoms with Crippen LogP contribution in [0.25, 0.3) is 0 Å². The second kappa shape index (κ2) is 13.7. The number of aliphatic hydroxyl groups excluding tert-OH is 1. The Balaban J connectivity index is 0.000000276. The number of hydrogen-bond acceptors (Lipinski definition) is 4. The smallest absolute Gasteiger partial charge is 0.272 e. The second-order valence-electron chi connectivity index (χ2n) is 11.5. The summed E-state index contributed by atoms with van der Waals surface area (Å²) in [5, 5.41) is 8.72. The number of allylic oxidation sites excluding steroid dienone is 8. The number of rotatable bonds is 8. The molecule has 1 fully saturated rings. The van der Waals surface area contributed by atoms with E-state index in [2.05, 4.69) is 74.7 Å². The standard InChI is InChI=1S/C23H31NO2.C10H14F2O/c1-23(2,3)26-22-20(18-9-6-10-18)12-14-25-21(22)16-24-13-11-17-7-4-5-8-19(17)15-24;1-4-10(11,12)8(2)6-5-7-9(3)13/h4-10,20-22H,11-16H2,1-3H3;5-7,13H,2,4H2,1,3H3/b;6-5-,9-7+/t20-,21+,22+;/m0./s1. The molecular formula is C33H45F2NO3. The molecule has 4 nitrogen and oxygen atoms in total. The van der Waals surface area contributed by atoms with Gasteiger partial charge in [-0.15, -0.1) is 0 Å². The number of aliphatic hydroxyl groups is 1. The van der Waals surface area contributed by atoms with E-state index in [0.29, 0.717) is 5.92 Å². The number of benzene rings is 1. The van der Waals surface area contributed by atoms with Crippen LogP contribution in [-0.4, -0.2) is 53.4 Å². The molecule has 2 aliphatic heterocycles. The van der Waals surface area contributed by atoms with Crippen molar-refractivity contribution in [3.05, 3.63) is 95.3 Å². The molecule has 1 aromatic rings. The van der Waals surface area contributed by atoms with E-state index in [1.165, 1.54) is 48.8 Å². The van der Waals surface area contributed by atoms with Crippen LogP contribution in [0.5, 0.6) is 0 Å². The minimum absolute atomic E-state index is 0.0730. The third-order valence-electron chi connectivity index (χ3n) is 7.22. The molecule has 3 atom stereocenters. The Kier molecular flexibility index (Phi) is 10.9. The molecule has 1 saturated heterocycles. The SMILES string of the molecule is C=C(/C=C\C=C(/C)O)C(F)(F)CC.CC(C)(C)O[C@H]1[C@@H](CN2CCc3ccccc3C2)OCC[C@H]1C1=CC=C1. The summed E-state index contributed by atoms with van der Waals surface area (Å²) in [6.45, 7) is 16.5. The molecule has 2 heterocycles. The molecule has 0 saturated carbocycles. The van der Waals surface area contributed by atoms with E-state index in [0.717, 1.165) is 39.1 Å². The Hall–Kier alpha value is -2.54. The fourth-order valence-corrected chi connectivity index (χ4v) is 5.02. The van der Waals surface area contributed by atoms with Crippen LogP contribution in [0.1, 0.15) is 58.6 Å². The van der Waals surface area contributed by atoms with Gasteiger partial charge in [-0.2, -0.15) is 0 Å². The highest BCUT2D eigenvalue weighted by Crippen LogP contribution is 2.36. The van der Waals surface area contributed by atoms with Crippen molar-refractivity contribution in [2.24, 2.45) is 5.92 Å². The van der Waals surface area contributed by atoms with Crippen LogP contribution in [0, 0.1) is 5.92 Å². The van der Waals surface area contributed by atoms with Gasteiger partial charge in [0.15, 0.2) is 0 Å². The van der Waals surface area contributed by atoms with E-state index in [1.54, 1.807) is 0 Å². The maximum absolute atomic E-state index is 12.8. The van der Waals surface area contributed by atoms with Gasteiger partial charge >= 0.3 is 0 Å². The Labute approximate surface area is 233 Å². The fourth-order valence-electron chi connectivity index (χ4n) is 5.02. The third-order valence-corrected chi connectivity index (χ3v) is 7.22. The van der Waals surface area contributed by atoms with Crippen LogP contribution in [0.3, 0.4) is 0 Å². The fraction of sp³-hybridized carbons (Fsp3) is 0.515. The molecule has 0 bridgehead atoms. The van der Waals surface area contributed by atoms with Gasteiger partial charge in [-0.1, -0.05) is 68.1 Å². The van der Waals surface area contributed by atoms with Crippen molar-refractivity contribution in [3.8, 4) is 0 Å². The zero-order valence-electron chi connectivity index (χ0n) is 24.1. The normalized spacial score (nSPS) is 23.9. The minimum Gasteiger partial charge on any atom is -0.513 e. The highest BCUT2D eigenvalue weighted by atomic mass is 19.3. The molecule has 0 aromatic heterocycles. The van der Waals surface area contributed by atoms with E-state index in [1.807, 2.05) is 0 Å². The molecule has 1 aliphatic carbocycles. The van der Waals surface area contributed by atoms with Crippen LogP contribution >= 0.6 is 0 Å². The summed E-state index contributed by atoms with van der Waals surface area (Å²) in [5.41, 5.74) is 3.98. The number of alkyl halides is 2. The maximum Gasteiger partial charge on any atom is 0.272 e.